The Labute approximate surface area is 224 Å². The molecule has 1 aromatic carbocycles. The number of hydrogen-bond donors (Lipinski definition) is 3. The molecule has 0 aromatic heterocycles. The van der Waals surface area contributed by atoms with Crippen molar-refractivity contribution >= 4 is 5.97 Å². The number of rotatable bonds is 6. The Balaban J connectivity index is 1.39. The molecule has 38 heavy (non-hydrogen) atoms. The second-order valence-electron chi connectivity index (χ2n) is 13.1. The van der Waals surface area contributed by atoms with Crippen LogP contribution < -0.4 is 0 Å². The summed E-state index contributed by atoms with van der Waals surface area (Å²) in [5.41, 5.74) is -1.68. The number of aliphatic hydroxyl groups excluding tert-OH is 2. The fourth-order valence-corrected chi connectivity index (χ4v) is 11.3. The van der Waals surface area contributed by atoms with Gasteiger partial charge in [0.15, 0.2) is 0 Å². The van der Waals surface area contributed by atoms with E-state index in [2.05, 4.69) is 11.8 Å². The lowest BCUT2D eigenvalue weighted by molar-refractivity contribution is -0.272. The van der Waals surface area contributed by atoms with Gasteiger partial charge in [0.1, 0.15) is 6.10 Å². The van der Waals surface area contributed by atoms with Crippen LogP contribution in [-0.2, 0) is 14.2 Å². The van der Waals surface area contributed by atoms with Crippen molar-refractivity contribution in [1.82, 2.24) is 4.90 Å². The minimum absolute atomic E-state index is 0.0736. The quantitative estimate of drug-likeness (QED) is 0.480. The lowest BCUT2D eigenvalue weighted by Crippen LogP contribution is -2.76. The first-order chi connectivity index (χ1) is 18.3. The number of aliphatic hydroxyl groups is 3. The first-order valence-electron chi connectivity index (χ1n) is 14.4. The molecule has 1 aliphatic heterocycles. The number of carbonyl (C=O) groups is 1. The summed E-state index contributed by atoms with van der Waals surface area (Å²) >= 11 is 0. The molecule has 1 heterocycles. The molecule has 0 radical (unpaired) electrons. The number of likely N-dealkylation sites (tertiary alicyclic amines) is 1. The molecule has 1 aromatic rings. The van der Waals surface area contributed by atoms with E-state index < -0.39 is 41.2 Å². The summed E-state index contributed by atoms with van der Waals surface area (Å²) in [7, 11) is 3.38. The van der Waals surface area contributed by atoms with E-state index in [9.17, 15) is 20.1 Å². The van der Waals surface area contributed by atoms with Gasteiger partial charge in [0.05, 0.1) is 36.1 Å². The van der Waals surface area contributed by atoms with Gasteiger partial charge in [-0.15, -0.1) is 0 Å². The van der Waals surface area contributed by atoms with E-state index in [1.54, 1.807) is 26.4 Å². The summed E-state index contributed by atoms with van der Waals surface area (Å²) in [6.45, 7) is 4.23. The molecule has 8 heteroatoms. The number of carbonyl (C=O) groups excluding carboxylic acids is 1. The molecule has 0 amide bonds. The Morgan fingerprint density at radius 1 is 1.16 bits per heavy atom. The number of piperidine rings is 1. The number of fused-ring (bicyclic) bond motifs is 2. The summed E-state index contributed by atoms with van der Waals surface area (Å²) in [5, 5.41) is 37.1. The van der Waals surface area contributed by atoms with E-state index in [0.29, 0.717) is 31.4 Å². The Morgan fingerprint density at radius 2 is 1.92 bits per heavy atom. The van der Waals surface area contributed by atoms with Gasteiger partial charge in [-0.05, 0) is 43.9 Å². The molecular formula is C30H41NO7. The van der Waals surface area contributed by atoms with Crippen molar-refractivity contribution in [2.75, 3.05) is 33.9 Å². The van der Waals surface area contributed by atoms with Crippen LogP contribution in [0.25, 0.3) is 0 Å². The number of methoxy groups -OCH3 is 2. The van der Waals surface area contributed by atoms with Crippen LogP contribution in [0.2, 0.25) is 0 Å². The van der Waals surface area contributed by atoms with Crippen LogP contribution in [0.5, 0.6) is 0 Å². The Morgan fingerprint density at radius 3 is 2.61 bits per heavy atom. The third kappa shape index (κ3) is 2.84. The number of hydrogen-bond acceptors (Lipinski definition) is 8. The first-order valence-corrected chi connectivity index (χ1v) is 14.4. The summed E-state index contributed by atoms with van der Waals surface area (Å²) in [4.78, 5) is 15.8. The van der Waals surface area contributed by atoms with Gasteiger partial charge in [0.25, 0.3) is 0 Å². The van der Waals surface area contributed by atoms with Gasteiger partial charge < -0.3 is 29.5 Å². The maximum Gasteiger partial charge on any atom is 0.338 e. The first kappa shape index (κ1) is 25.4. The van der Waals surface area contributed by atoms with E-state index in [0.717, 1.165) is 19.5 Å². The third-order valence-corrected chi connectivity index (χ3v) is 12.1. The van der Waals surface area contributed by atoms with Crippen molar-refractivity contribution in [3.8, 4) is 0 Å². The molecule has 1 spiro atoms. The smallest absolute Gasteiger partial charge is 0.338 e. The van der Waals surface area contributed by atoms with E-state index >= 15 is 0 Å². The molecule has 7 rings (SSSR count). The molecule has 7 bridgehead atoms. The summed E-state index contributed by atoms with van der Waals surface area (Å²) in [6, 6.07) is 8.85. The number of nitrogens with zero attached hydrogens (tertiary/aromatic N) is 1. The number of esters is 1. The zero-order chi connectivity index (χ0) is 26.6. The van der Waals surface area contributed by atoms with E-state index in [4.69, 9.17) is 14.2 Å². The monoisotopic (exact) mass is 527 g/mol. The molecule has 5 saturated carbocycles. The fourth-order valence-electron chi connectivity index (χ4n) is 11.3. The Hall–Kier alpha value is -1.55. The highest BCUT2D eigenvalue weighted by Crippen LogP contribution is 2.79. The molecular weight excluding hydrogens is 486 g/mol. The van der Waals surface area contributed by atoms with Crippen molar-refractivity contribution in [1.29, 1.82) is 0 Å². The number of benzene rings is 1. The number of ether oxygens (including phenoxy) is 3. The summed E-state index contributed by atoms with van der Waals surface area (Å²) < 4.78 is 18.1. The largest absolute Gasteiger partial charge is 0.458 e. The van der Waals surface area contributed by atoms with Gasteiger partial charge in [0, 0.05) is 67.7 Å². The minimum atomic E-state index is -1.27. The van der Waals surface area contributed by atoms with E-state index in [1.807, 2.05) is 18.2 Å². The van der Waals surface area contributed by atoms with Gasteiger partial charge in [-0.1, -0.05) is 25.1 Å². The average Bonchev–Trinajstić information content (AvgIpc) is 3.34. The molecule has 6 aliphatic rings. The van der Waals surface area contributed by atoms with Crippen LogP contribution in [0.1, 0.15) is 43.0 Å². The van der Waals surface area contributed by atoms with Gasteiger partial charge in [0.2, 0.25) is 0 Å². The Kier molecular flexibility index (Phi) is 5.67. The van der Waals surface area contributed by atoms with Crippen molar-refractivity contribution in [2.24, 2.45) is 40.4 Å². The second kappa shape index (κ2) is 8.48. The standard InChI is InChI=1S/C30H41NO7/c1-4-31-14-28(15-36-2)11-10-20(32)30-18-12-17-19(37-3)13-29(35,22(26(30)31)23(33)25(28)30)21(18)24(17)38-27(34)16-8-6-5-7-9-16/h5-9,17-26,32-33,35H,4,10-15H2,1-3H3/t17-,18-,19+,20+,21-,22?,23+,24+,25-,26-,28+,29-,30+/m1/s1. The van der Waals surface area contributed by atoms with Crippen LogP contribution >= 0.6 is 0 Å². The summed E-state index contributed by atoms with van der Waals surface area (Å²) in [6.07, 6.45) is 0.326. The lowest BCUT2D eigenvalue weighted by Gasteiger charge is -2.68. The fraction of sp³-hybridized carbons (Fsp3) is 0.767. The van der Waals surface area contributed by atoms with Crippen LogP contribution in [-0.4, -0.2) is 96.2 Å². The molecule has 13 atom stereocenters. The van der Waals surface area contributed by atoms with Gasteiger partial charge >= 0.3 is 5.97 Å². The van der Waals surface area contributed by atoms with Crippen molar-refractivity contribution in [3.05, 3.63) is 35.9 Å². The van der Waals surface area contributed by atoms with Gasteiger partial charge in [-0.3, -0.25) is 4.90 Å². The van der Waals surface area contributed by atoms with E-state index in [1.165, 1.54) is 0 Å². The van der Waals surface area contributed by atoms with Crippen LogP contribution in [0.4, 0.5) is 0 Å². The van der Waals surface area contributed by atoms with Gasteiger partial charge in [-0.25, -0.2) is 4.79 Å². The van der Waals surface area contributed by atoms with Gasteiger partial charge in [-0.2, -0.15) is 0 Å². The maximum absolute atomic E-state index is 13.3. The predicted octanol–water partition coefficient (Wildman–Crippen LogP) is 1.71. The average molecular weight is 528 g/mol. The lowest BCUT2D eigenvalue weighted by atomic mass is 9.43. The molecule has 3 N–H and O–H groups in total. The van der Waals surface area contributed by atoms with Crippen molar-refractivity contribution in [3.63, 3.8) is 0 Å². The summed E-state index contributed by atoms with van der Waals surface area (Å²) in [5.74, 6) is -1.58. The highest BCUT2D eigenvalue weighted by Gasteiger charge is 2.86. The molecule has 5 aliphatic carbocycles. The minimum Gasteiger partial charge on any atom is -0.458 e. The van der Waals surface area contributed by atoms with Crippen molar-refractivity contribution < 1.29 is 34.3 Å². The predicted molar refractivity (Wildman–Crippen MR) is 137 cm³/mol. The molecule has 8 nitrogen and oxygen atoms in total. The molecule has 1 saturated heterocycles. The third-order valence-electron chi connectivity index (χ3n) is 12.1. The SMILES string of the molecule is CCN1C[C@]2(COC)CC[C@H](O)[C@@]34[C@@H]5C[C@H]6[C@H](OC(=O)c7ccccc7)[C@@H]5[C@](O)(C[C@@H]6OC)C([C@H](O)[C@H]23)[C@@H]14. The van der Waals surface area contributed by atoms with Crippen LogP contribution in [0, 0.1) is 40.4 Å². The highest BCUT2D eigenvalue weighted by molar-refractivity contribution is 5.89. The van der Waals surface area contributed by atoms with E-state index in [-0.39, 0.29) is 41.2 Å². The molecule has 208 valence electrons. The second-order valence-corrected chi connectivity index (χ2v) is 13.1. The molecule has 6 fully saturated rings. The zero-order valence-corrected chi connectivity index (χ0v) is 22.5. The van der Waals surface area contributed by atoms with Crippen LogP contribution in [0.3, 0.4) is 0 Å². The normalized spacial score (nSPS) is 52.2. The zero-order valence-electron chi connectivity index (χ0n) is 22.5. The highest BCUT2D eigenvalue weighted by atomic mass is 16.6. The van der Waals surface area contributed by atoms with Crippen molar-refractivity contribution in [2.45, 2.75) is 68.7 Å². The Bertz CT molecular complexity index is 1100. The maximum atomic E-state index is 13.3. The van der Waals surface area contributed by atoms with Crippen LogP contribution in [0.15, 0.2) is 30.3 Å². The molecule has 1 unspecified atom stereocenters. The topological polar surface area (TPSA) is 109 Å².